The Morgan fingerprint density at radius 2 is 1.61 bits per heavy atom. The van der Waals surface area contributed by atoms with Crippen molar-refractivity contribution in [2.45, 2.75) is 63.1 Å². The smallest absolute Gasteiger partial charge is 0.410 e. The summed E-state index contributed by atoms with van der Waals surface area (Å²) in [7, 11) is 0. The van der Waals surface area contributed by atoms with E-state index in [0.717, 1.165) is 61.8 Å². The molecule has 2 aliphatic rings. The predicted molar refractivity (Wildman–Crippen MR) is 157 cm³/mol. The summed E-state index contributed by atoms with van der Waals surface area (Å²) < 4.78 is 11.5. The molecule has 1 heterocycles. The Balaban J connectivity index is 1.26. The number of benzene rings is 3. The number of ether oxygens (including phenoxy) is 2. The highest BCUT2D eigenvalue weighted by Crippen LogP contribution is 2.38. The van der Waals surface area contributed by atoms with Gasteiger partial charge in [-0.05, 0) is 60.4 Å². The zero-order valence-electron chi connectivity index (χ0n) is 23.5. The van der Waals surface area contributed by atoms with Crippen LogP contribution in [0.4, 0.5) is 4.79 Å². The Labute approximate surface area is 242 Å². The van der Waals surface area contributed by atoms with Crippen LogP contribution in [0.15, 0.2) is 84.9 Å². The normalized spacial score (nSPS) is 21.1. The number of aliphatic hydroxyl groups excluding tert-OH is 1. The highest BCUT2D eigenvalue weighted by atomic mass is 16.6. The summed E-state index contributed by atoms with van der Waals surface area (Å²) in [5.74, 6) is 0.471. The molecule has 4 unspecified atom stereocenters. The second-order valence-corrected chi connectivity index (χ2v) is 11.1. The van der Waals surface area contributed by atoms with E-state index in [2.05, 4.69) is 29.6 Å². The number of nitrogens with one attached hydrogen (secondary N) is 1. The van der Waals surface area contributed by atoms with Crippen molar-refractivity contribution in [2.75, 3.05) is 19.8 Å². The Bertz CT molecular complexity index is 1250. The summed E-state index contributed by atoms with van der Waals surface area (Å²) in [4.78, 5) is 28.3. The average Bonchev–Trinajstić information content (AvgIpc) is 3.54. The second-order valence-electron chi connectivity index (χ2n) is 11.1. The fraction of sp³-hybridized carbons (Fsp3) is 0.412. The second kappa shape index (κ2) is 14.3. The number of rotatable bonds is 10. The van der Waals surface area contributed by atoms with Gasteiger partial charge in [0.15, 0.2) is 0 Å². The maximum absolute atomic E-state index is 13.4. The van der Waals surface area contributed by atoms with Gasteiger partial charge in [-0.25, -0.2) is 4.79 Å². The lowest BCUT2D eigenvalue weighted by Crippen LogP contribution is -2.39. The first-order valence-electron chi connectivity index (χ1n) is 14.8. The third-order valence-corrected chi connectivity index (χ3v) is 8.24. The van der Waals surface area contributed by atoms with E-state index in [-0.39, 0.29) is 30.5 Å². The van der Waals surface area contributed by atoms with Crippen LogP contribution in [0.25, 0.3) is 0 Å². The molecule has 2 fully saturated rings. The first-order valence-corrected chi connectivity index (χ1v) is 14.8. The Kier molecular flexibility index (Phi) is 10.0. The van der Waals surface area contributed by atoms with Crippen LogP contribution in [0.5, 0.6) is 5.75 Å². The van der Waals surface area contributed by atoms with Crippen LogP contribution < -0.4 is 10.1 Å². The molecule has 3 aromatic carbocycles. The molecule has 0 aromatic heterocycles. The molecule has 0 radical (unpaired) electrons. The summed E-state index contributed by atoms with van der Waals surface area (Å²) in [6.45, 7) is 1.47. The minimum absolute atomic E-state index is 0.00641. The Morgan fingerprint density at radius 1 is 0.902 bits per heavy atom. The first kappa shape index (κ1) is 28.8. The molecular weight excluding hydrogens is 516 g/mol. The minimum atomic E-state index is -0.417. The van der Waals surface area contributed by atoms with E-state index in [0.29, 0.717) is 18.8 Å². The number of para-hydroxylation sites is 1. The van der Waals surface area contributed by atoms with Crippen LogP contribution >= 0.6 is 0 Å². The van der Waals surface area contributed by atoms with Crippen molar-refractivity contribution in [2.24, 2.45) is 5.92 Å². The van der Waals surface area contributed by atoms with Gasteiger partial charge < -0.3 is 24.8 Å². The lowest BCUT2D eigenvalue weighted by Gasteiger charge is -2.32. The van der Waals surface area contributed by atoms with Gasteiger partial charge in [0.2, 0.25) is 5.91 Å². The largest absolute Gasteiger partial charge is 0.415 e. The van der Waals surface area contributed by atoms with Gasteiger partial charge in [0.1, 0.15) is 5.75 Å². The molecule has 7 nitrogen and oxygen atoms in total. The van der Waals surface area contributed by atoms with Crippen LogP contribution in [0.1, 0.15) is 67.2 Å². The molecule has 1 aliphatic carbocycles. The molecule has 0 bridgehead atoms. The Morgan fingerprint density at radius 3 is 2.29 bits per heavy atom. The first-order chi connectivity index (χ1) is 20.1. The van der Waals surface area contributed by atoms with Crippen LogP contribution in [0.2, 0.25) is 0 Å². The number of hydrogen-bond acceptors (Lipinski definition) is 5. The number of hydrogen-bond donors (Lipinski definition) is 2. The number of aliphatic hydroxyl groups is 1. The van der Waals surface area contributed by atoms with Crippen molar-refractivity contribution in [1.82, 2.24) is 10.2 Å². The molecule has 2 N–H and O–H groups in total. The van der Waals surface area contributed by atoms with Gasteiger partial charge in [0.25, 0.3) is 0 Å². The summed E-state index contributed by atoms with van der Waals surface area (Å²) >= 11 is 0. The van der Waals surface area contributed by atoms with E-state index in [4.69, 9.17) is 9.47 Å². The zero-order valence-corrected chi connectivity index (χ0v) is 23.5. The van der Waals surface area contributed by atoms with Gasteiger partial charge in [-0.2, -0.15) is 0 Å². The molecule has 1 aliphatic heterocycles. The molecule has 1 saturated carbocycles. The topological polar surface area (TPSA) is 88.1 Å². The molecule has 0 spiro atoms. The monoisotopic (exact) mass is 556 g/mol. The van der Waals surface area contributed by atoms with Gasteiger partial charge >= 0.3 is 6.09 Å². The van der Waals surface area contributed by atoms with E-state index in [9.17, 15) is 14.7 Å². The molecular formula is C34H40N2O5. The van der Waals surface area contributed by atoms with Crippen molar-refractivity contribution >= 4 is 12.0 Å². The quantitative estimate of drug-likeness (QED) is 0.320. The molecule has 3 aromatic rings. The number of nitrogens with zero attached hydrogens (tertiary/aromatic N) is 1. The van der Waals surface area contributed by atoms with E-state index in [1.165, 1.54) is 0 Å². The molecule has 4 atom stereocenters. The molecule has 216 valence electrons. The Hall–Kier alpha value is -3.68. The molecule has 41 heavy (non-hydrogen) atoms. The van der Waals surface area contributed by atoms with Crippen LogP contribution in [0.3, 0.4) is 0 Å². The summed E-state index contributed by atoms with van der Waals surface area (Å²) in [5.41, 5.74) is 3.03. The summed E-state index contributed by atoms with van der Waals surface area (Å²) in [5, 5.41) is 13.1. The lowest BCUT2D eigenvalue weighted by atomic mass is 9.74. The van der Waals surface area contributed by atoms with Crippen molar-refractivity contribution in [3.63, 3.8) is 0 Å². The van der Waals surface area contributed by atoms with Crippen LogP contribution in [-0.4, -0.2) is 47.9 Å². The van der Waals surface area contributed by atoms with Gasteiger partial charge in [-0.3, -0.25) is 4.79 Å². The van der Waals surface area contributed by atoms with Crippen LogP contribution in [0, 0.1) is 5.92 Å². The van der Waals surface area contributed by atoms with Crippen LogP contribution in [-0.2, 0) is 16.1 Å². The van der Waals surface area contributed by atoms with Crippen molar-refractivity contribution in [3.05, 3.63) is 102 Å². The standard InChI is InChI=1S/C34H40N2O5/c37-24-32(27-10-3-1-4-11-27)35-33(38)31-16-8-7-15-30(31)26-19-17-25(18-20-26)22-36(23-29-14-9-21-40-29)34(39)41-28-12-5-2-6-13-28/h1-6,10-13,17-20,29-32,37H,7-9,14-16,21-24H2,(H,35,38). The molecule has 7 heteroatoms. The number of carbonyl (C=O) groups excluding carboxylic acids is 2. The van der Waals surface area contributed by atoms with E-state index in [1.54, 1.807) is 17.0 Å². The molecule has 1 saturated heterocycles. The van der Waals surface area contributed by atoms with Gasteiger partial charge in [-0.15, -0.1) is 0 Å². The van der Waals surface area contributed by atoms with Crippen molar-refractivity contribution < 1.29 is 24.2 Å². The van der Waals surface area contributed by atoms with E-state index >= 15 is 0 Å². The lowest BCUT2D eigenvalue weighted by molar-refractivity contribution is -0.127. The third kappa shape index (κ3) is 7.75. The van der Waals surface area contributed by atoms with Gasteiger partial charge in [-0.1, -0.05) is 85.6 Å². The number of carbonyl (C=O) groups is 2. The van der Waals surface area contributed by atoms with Gasteiger partial charge in [0, 0.05) is 19.1 Å². The fourth-order valence-corrected chi connectivity index (χ4v) is 6.02. The predicted octanol–water partition coefficient (Wildman–Crippen LogP) is 5.99. The maximum atomic E-state index is 13.4. The van der Waals surface area contributed by atoms with E-state index < -0.39 is 12.1 Å². The minimum Gasteiger partial charge on any atom is -0.410 e. The van der Waals surface area contributed by atoms with Crippen molar-refractivity contribution in [1.29, 1.82) is 0 Å². The fourth-order valence-electron chi connectivity index (χ4n) is 6.02. The van der Waals surface area contributed by atoms with Gasteiger partial charge in [0.05, 0.1) is 25.3 Å². The zero-order chi connectivity index (χ0) is 28.4. The summed E-state index contributed by atoms with van der Waals surface area (Å²) in [6, 6.07) is 26.6. The highest BCUT2D eigenvalue weighted by molar-refractivity contribution is 5.80. The summed E-state index contributed by atoms with van der Waals surface area (Å²) in [6.07, 6.45) is 5.42. The average molecular weight is 557 g/mol. The van der Waals surface area contributed by atoms with Crippen molar-refractivity contribution in [3.8, 4) is 5.75 Å². The molecule has 5 rings (SSSR count). The number of amides is 2. The highest BCUT2D eigenvalue weighted by Gasteiger charge is 2.33. The third-order valence-electron chi connectivity index (χ3n) is 8.24. The maximum Gasteiger partial charge on any atom is 0.415 e. The molecule has 2 amide bonds. The van der Waals surface area contributed by atoms with E-state index in [1.807, 2.05) is 48.5 Å². The SMILES string of the molecule is O=C(NC(CO)c1ccccc1)C1CCCCC1c1ccc(CN(CC2CCCO2)C(=O)Oc2ccccc2)cc1.